The topological polar surface area (TPSA) is 82.2 Å². The molecule has 1 heterocycles. The Labute approximate surface area is 151 Å². The van der Waals surface area contributed by atoms with Crippen LogP contribution >= 0.6 is 0 Å². The monoisotopic (exact) mass is 345 g/mol. The highest BCUT2D eigenvalue weighted by Crippen LogP contribution is 2.20. The Hall–Kier alpha value is -3.59. The molecule has 3 aromatic rings. The first-order valence-corrected chi connectivity index (χ1v) is 8.33. The van der Waals surface area contributed by atoms with Crippen molar-refractivity contribution in [3.8, 4) is 6.07 Å². The Morgan fingerprint density at radius 1 is 1.15 bits per heavy atom. The van der Waals surface area contributed by atoms with E-state index in [0.29, 0.717) is 13.0 Å². The zero-order chi connectivity index (χ0) is 18.2. The summed E-state index contributed by atoms with van der Waals surface area (Å²) in [4.78, 5) is 11.9. The number of fused-ring (bicyclic) bond motifs is 1. The molecule has 2 N–H and O–H groups in total. The summed E-state index contributed by atoms with van der Waals surface area (Å²) in [5, 5.41) is 16.9. The number of benzene rings is 2. The van der Waals surface area contributed by atoms with Gasteiger partial charge in [-0.05, 0) is 18.2 Å². The van der Waals surface area contributed by atoms with Gasteiger partial charge < -0.3 is 9.88 Å². The minimum absolute atomic E-state index is 0.144. The van der Waals surface area contributed by atoms with Gasteiger partial charge in [0.15, 0.2) is 0 Å². The van der Waals surface area contributed by atoms with Gasteiger partial charge >= 0.3 is 0 Å². The predicted octanol–water partition coefficient (Wildman–Crippen LogP) is 3.12. The molecule has 6 heteroatoms. The standard InChI is InChI=1S/C20H19N5O/c21-11-6-12-25-15-16(18-9-4-5-10-19(18)25)13-23-24-20(26)14-22-17-7-2-1-3-8-17/h1-5,7-10,13,15,22H,6,12,14H2,(H,24,26)/b23-13-. The van der Waals surface area contributed by atoms with Crippen LogP contribution in [0.1, 0.15) is 12.0 Å². The van der Waals surface area contributed by atoms with E-state index in [1.807, 2.05) is 65.4 Å². The molecule has 0 bridgehead atoms. The van der Waals surface area contributed by atoms with E-state index in [1.54, 1.807) is 6.21 Å². The SMILES string of the molecule is N#CCCn1cc(/C=N\NC(=O)CNc2ccccc2)c2ccccc21. The number of rotatable bonds is 7. The highest BCUT2D eigenvalue weighted by Gasteiger charge is 2.06. The molecule has 0 saturated carbocycles. The molecule has 0 aliphatic heterocycles. The fraction of sp³-hybridized carbons (Fsp3) is 0.150. The molecule has 0 fully saturated rings. The van der Waals surface area contributed by atoms with Crippen molar-refractivity contribution >= 4 is 28.7 Å². The van der Waals surface area contributed by atoms with Crippen LogP contribution in [0.15, 0.2) is 65.9 Å². The number of nitrogens with one attached hydrogen (secondary N) is 2. The number of amides is 1. The third kappa shape index (κ3) is 4.28. The number of nitrogens with zero attached hydrogens (tertiary/aromatic N) is 3. The van der Waals surface area contributed by atoms with Gasteiger partial charge in [-0.15, -0.1) is 0 Å². The molecular weight excluding hydrogens is 326 g/mol. The maximum Gasteiger partial charge on any atom is 0.259 e. The molecule has 130 valence electrons. The quantitative estimate of drug-likeness (QED) is 0.510. The van der Waals surface area contributed by atoms with E-state index in [2.05, 4.69) is 21.9 Å². The summed E-state index contributed by atoms with van der Waals surface area (Å²) in [7, 11) is 0. The average molecular weight is 345 g/mol. The van der Waals surface area contributed by atoms with Crippen molar-refractivity contribution in [2.45, 2.75) is 13.0 Å². The van der Waals surface area contributed by atoms with Gasteiger partial charge in [0.1, 0.15) is 0 Å². The lowest BCUT2D eigenvalue weighted by Crippen LogP contribution is -2.25. The fourth-order valence-corrected chi connectivity index (χ4v) is 2.69. The van der Waals surface area contributed by atoms with Crippen LogP contribution in [0, 0.1) is 11.3 Å². The summed E-state index contributed by atoms with van der Waals surface area (Å²) >= 11 is 0. The molecule has 0 unspecified atom stereocenters. The van der Waals surface area contributed by atoms with Crippen molar-refractivity contribution < 1.29 is 4.79 Å². The normalized spacial score (nSPS) is 10.7. The minimum Gasteiger partial charge on any atom is -0.376 e. The second-order valence-corrected chi connectivity index (χ2v) is 5.72. The molecule has 0 radical (unpaired) electrons. The Morgan fingerprint density at radius 2 is 1.92 bits per heavy atom. The maximum atomic E-state index is 11.9. The van der Waals surface area contributed by atoms with Gasteiger partial charge in [0.25, 0.3) is 5.91 Å². The van der Waals surface area contributed by atoms with Crippen LogP contribution in [-0.2, 0) is 11.3 Å². The second-order valence-electron chi connectivity index (χ2n) is 5.72. The van der Waals surface area contributed by atoms with Crippen LogP contribution in [0.2, 0.25) is 0 Å². The summed E-state index contributed by atoms with van der Waals surface area (Å²) in [5.41, 5.74) is 5.35. The minimum atomic E-state index is -0.224. The molecule has 3 rings (SSSR count). The third-order valence-corrected chi connectivity index (χ3v) is 3.90. The molecule has 26 heavy (non-hydrogen) atoms. The molecule has 1 amide bonds. The lowest BCUT2D eigenvalue weighted by Gasteiger charge is -2.04. The summed E-state index contributed by atoms with van der Waals surface area (Å²) in [6.07, 6.45) is 4.02. The number of carbonyl (C=O) groups is 1. The second kappa shape index (κ2) is 8.49. The molecular formula is C20H19N5O. The number of hydrazone groups is 1. The van der Waals surface area contributed by atoms with Crippen LogP contribution < -0.4 is 10.7 Å². The first kappa shape index (κ1) is 17.2. The van der Waals surface area contributed by atoms with Gasteiger partial charge in [-0.2, -0.15) is 10.4 Å². The number of aryl methyl sites for hydroxylation is 1. The van der Waals surface area contributed by atoms with Crippen molar-refractivity contribution in [2.24, 2.45) is 5.10 Å². The zero-order valence-electron chi connectivity index (χ0n) is 14.2. The van der Waals surface area contributed by atoms with Crippen molar-refractivity contribution in [1.29, 1.82) is 5.26 Å². The average Bonchev–Trinajstić information content (AvgIpc) is 3.03. The molecule has 6 nitrogen and oxygen atoms in total. The summed E-state index contributed by atoms with van der Waals surface area (Å²) in [6, 6.07) is 19.6. The zero-order valence-corrected chi connectivity index (χ0v) is 14.2. The number of aromatic nitrogens is 1. The highest BCUT2D eigenvalue weighted by molar-refractivity contribution is 5.99. The largest absolute Gasteiger partial charge is 0.376 e. The number of para-hydroxylation sites is 2. The number of hydrogen-bond acceptors (Lipinski definition) is 4. The molecule has 1 aromatic heterocycles. The fourth-order valence-electron chi connectivity index (χ4n) is 2.69. The first-order chi connectivity index (χ1) is 12.8. The van der Waals surface area contributed by atoms with Crippen LogP contribution in [0.3, 0.4) is 0 Å². The van der Waals surface area contributed by atoms with E-state index in [0.717, 1.165) is 22.2 Å². The van der Waals surface area contributed by atoms with Gasteiger partial charge in [0.05, 0.1) is 25.2 Å². The van der Waals surface area contributed by atoms with Crippen molar-refractivity contribution in [3.05, 3.63) is 66.4 Å². The van der Waals surface area contributed by atoms with Crippen LogP contribution in [0.4, 0.5) is 5.69 Å². The maximum absolute atomic E-state index is 11.9. The Bertz CT molecular complexity index is 953. The van der Waals surface area contributed by atoms with Gasteiger partial charge in [-0.3, -0.25) is 4.79 Å². The van der Waals surface area contributed by atoms with Gasteiger partial charge in [-0.1, -0.05) is 36.4 Å². The lowest BCUT2D eigenvalue weighted by atomic mass is 10.2. The van der Waals surface area contributed by atoms with Crippen molar-refractivity contribution in [3.63, 3.8) is 0 Å². The van der Waals surface area contributed by atoms with E-state index in [1.165, 1.54) is 0 Å². The van der Waals surface area contributed by atoms with Crippen molar-refractivity contribution in [1.82, 2.24) is 9.99 Å². The number of hydrogen-bond donors (Lipinski definition) is 2. The van der Waals surface area contributed by atoms with E-state index in [-0.39, 0.29) is 12.5 Å². The van der Waals surface area contributed by atoms with Crippen LogP contribution in [0.25, 0.3) is 10.9 Å². The van der Waals surface area contributed by atoms with E-state index in [9.17, 15) is 4.79 Å². The third-order valence-electron chi connectivity index (χ3n) is 3.90. The van der Waals surface area contributed by atoms with Crippen LogP contribution in [0.5, 0.6) is 0 Å². The molecule has 0 aliphatic carbocycles. The molecule has 0 spiro atoms. The predicted molar refractivity (Wildman–Crippen MR) is 103 cm³/mol. The van der Waals surface area contributed by atoms with Gasteiger partial charge in [0, 0.05) is 34.9 Å². The Morgan fingerprint density at radius 3 is 2.73 bits per heavy atom. The Kier molecular flexibility index (Phi) is 5.63. The molecule has 2 aromatic carbocycles. The van der Waals surface area contributed by atoms with Crippen LogP contribution in [-0.4, -0.2) is 23.2 Å². The van der Waals surface area contributed by atoms with E-state index >= 15 is 0 Å². The molecule has 0 atom stereocenters. The Balaban J connectivity index is 1.63. The highest BCUT2D eigenvalue weighted by atomic mass is 16.2. The first-order valence-electron chi connectivity index (χ1n) is 8.33. The van der Waals surface area contributed by atoms with Gasteiger partial charge in [0.2, 0.25) is 0 Å². The lowest BCUT2D eigenvalue weighted by molar-refractivity contribution is -0.119. The summed E-state index contributed by atoms with van der Waals surface area (Å²) in [5.74, 6) is -0.224. The number of anilines is 1. The number of nitriles is 1. The molecule has 0 saturated heterocycles. The van der Waals surface area contributed by atoms with Crippen molar-refractivity contribution in [2.75, 3.05) is 11.9 Å². The number of carbonyl (C=O) groups excluding carboxylic acids is 1. The summed E-state index contributed by atoms with van der Waals surface area (Å²) < 4.78 is 2.03. The van der Waals surface area contributed by atoms with E-state index in [4.69, 9.17) is 5.26 Å². The summed E-state index contributed by atoms with van der Waals surface area (Å²) in [6.45, 7) is 0.767. The van der Waals surface area contributed by atoms with Gasteiger partial charge in [-0.25, -0.2) is 5.43 Å². The molecule has 0 aliphatic rings. The smallest absolute Gasteiger partial charge is 0.259 e. The van der Waals surface area contributed by atoms with E-state index < -0.39 is 0 Å².